The van der Waals surface area contributed by atoms with E-state index in [0.717, 1.165) is 12.1 Å². The van der Waals surface area contributed by atoms with Crippen LogP contribution >= 0.6 is 12.2 Å². The van der Waals surface area contributed by atoms with E-state index in [4.69, 9.17) is 18.0 Å². The lowest BCUT2D eigenvalue weighted by atomic mass is 10.2. The fraction of sp³-hybridized carbons (Fsp3) is 0.222. The molecule has 0 saturated carbocycles. The first-order chi connectivity index (χ1) is 6.93. The van der Waals surface area contributed by atoms with Gasteiger partial charge >= 0.3 is 6.18 Å². The Hall–Kier alpha value is -1.14. The SMILES string of the molecule is NCC(=S)Nc1cccc(C(F)(F)F)c1. The Morgan fingerprint density at radius 1 is 1.40 bits per heavy atom. The smallest absolute Gasteiger partial charge is 0.349 e. The second-order valence-corrected chi connectivity index (χ2v) is 3.32. The number of thiocarbonyl (C=S) groups is 1. The zero-order valence-corrected chi connectivity index (χ0v) is 8.45. The van der Waals surface area contributed by atoms with Crippen molar-refractivity contribution < 1.29 is 13.2 Å². The minimum absolute atomic E-state index is 0.103. The van der Waals surface area contributed by atoms with Gasteiger partial charge in [0.25, 0.3) is 0 Å². The number of alkyl halides is 3. The van der Waals surface area contributed by atoms with Gasteiger partial charge in [-0.3, -0.25) is 0 Å². The van der Waals surface area contributed by atoms with Crippen LogP contribution in [0.5, 0.6) is 0 Å². The Bertz CT molecular complexity index is 363. The molecule has 0 amide bonds. The van der Waals surface area contributed by atoms with Crippen molar-refractivity contribution in [1.82, 2.24) is 0 Å². The number of rotatable bonds is 2. The summed E-state index contributed by atoms with van der Waals surface area (Å²) in [6.45, 7) is 0.103. The number of halogens is 3. The second kappa shape index (κ2) is 4.59. The number of nitrogens with two attached hydrogens (primary N) is 1. The molecule has 0 fully saturated rings. The van der Waals surface area contributed by atoms with E-state index in [1.165, 1.54) is 12.1 Å². The third-order valence-electron chi connectivity index (χ3n) is 1.66. The molecular weight excluding hydrogens is 225 g/mol. The van der Waals surface area contributed by atoms with Gasteiger partial charge in [0.05, 0.1) is 10.6 Å². The van der Waals surface area contributed by atoms with Gasteiger partial charge in [0, 0.05) is 12.2 Å². The molecule has 6 heteroatoms. The van der Waals surface area contributed by atoms with Gasteiger partial charge in [-0.1, -0.05) is 18.3 Å². The van der Waals surface area contributed by atoms with E-state index in [2.05, 4.69) is 5.32 Å². The summed E-state index contributed by atoms with van der Waals surface area (Å²) < 4.78 is 36.9. The monoisotopic (exact) mass is 234 g/mol. The number of nitrogens with one attached hydrogen (secondary N) is 1. The molecule has 0 aromatic heterocycles. The Morgan fingerprint density at radius 2 is 2.07 bits per heavy atom. The normalized spacial score (nSPS) is 11.2. The maximum absolute atomic E-state index is 12.3. The zero-order valence-electron chi connectivity index (χ0n) is 7.64. The van der Waals surface area contributed by atoms with Gasteiger partial charge < -0.3 is 11.1 Å². The summed E-state index contributed by atoms with van der Waals surface area (Å²) in [7, 11) is 0. The topological polar surface area (TPSA) is 38.0 Å². The van der Waals surface area contributed by atoms with E-state index in [9.17, 15) is 13.2 Å². The fourth-order valence-corrected chi connectivity index (χ4v) is 1.10. The van der Waals surface area contributed by atoms with Crippen LogP contribution in [0.3, 0.4) is 0 Å². The minimum atomic E-state index is -4.35. The highest BCUT2D eigenvalue weighted by Gasteiger charge is 2.30. The molecule has 0 spiro atoms. The van der Waals surface area contributed by atoms with Crippen LogP contribution in [0.2, 0.25) is 0 Å². The summed E-state index contributed by atoms with van der Waals surface area (Å²) in [4.78, 5) is 0.300. The van der Waals surface area contributed by atoms with Gasteiger partial charge in [-0.15, -0.1) is 0 Å². The molecule has 0 aliphatic carbocycles. The van der Waals surface area contributed by atoms with Gasteiger partial charge in [0.2, 0.25) is 0 Å². The van der Waals surface area contributed by atoms with Crippen molar-refractivity contribution in [2.75, 3.05) is 11.9 Å². The van der Waals surface area contributed by atoms with E-state index in [1.54, 1.807) is 0 Å². The summed E-state index contributed by atoms with van der Waals surface area (Å²) in [6.07, 6.45) is -4.35. The number of hydrogen-bond acceptors (Lipinski definition) is 2. The summed E-state index contributed by atoms with van der Waals surface area (Å²) in [5.41, 5.74) is 4.79. The van der Waals surface area contributed by atoms with Gasteiger partial charge in [0.15, 0.2) is 0 Å². The van der Waals surface area contributed by atoms with E-state index in [-0.39, 0.29) is 6.54 Å². The largest absolute Gasteiger partial charge is 0.416 e. The maximum Gasteiger partial charge on any atom is 0.416 e. The van der Waals surface area contributed by atoms with Crippen LogP contribution in [-0.2, 0) is 6.18 Å². The Kier molecular flexibility index (Phi) is 3.65. The van der Waals surface area contributed by atoms with Crippen LogP contribution in [0.25, 0.3) is 0 Å². The van der Waals surface area contributed by atoms with Crippen LogP contribution in [0.4, 0.5) is 18.9 Å². The summed E-state index contributed by atoms with van der Waals surface area (Å²) in [6, 6.07) is 4.79. The highest BCUT2D eigenvalue weighted by molar-refractivity contribution is 7.80. The molecule has 0 radical (unpaired) electrons. The lowest BCUT2D eigenvalue weighted by Gasteiger charge is -2.10. The molecule has 1 aromatic carbocycles. The maximum atomic E-state index is 12.3. The molecule has 0 aliphatic rings. The van der Waals surface area contributed by atoms with Crippen molar-refractivity contribution in [2.45, 2.75) is 6.18 Å². The lowest BCUT2D eigenvalue weighted by molar-refractivity contribution is -0.137. The molecule has 82 valence electrons. The third kappa shape index (κ3) is 3.49. The zero-order chi connectivity index (χ0) is 11.5. The first-order valence-corrected chi connectivity index (χ1v) is 4.51. The molecule has 2 nitrogen and oxygen atoms in total. The van der Waals surface area contributed by atoms with Gasteiger partial charge in [-0.05, 0) is 18.2 Å². The number of anilines is 1. The van der Waals surface area contributed by atoms with Crippen molar-refractivity contribution in [3.63, 3.8) is 0 Å². The van der Waals surface area contributed by atoms with Crippen molar-refractivity contribution in [2.24, 2.45) is 5.73 Å². The van der Waals surface area contributed by atoms with Crippen molar-refractivity contribution in [1.29, 1.82) is 0 Å². The molecule has 0 bridgehead atoms. The highest BCUT2D eigenvalue weighted by Crippen LogP contribution is 2.30. The molecular formula is C9H9F3N2S. The van der Waals surface area contributed by atoms with E-state index >= 15 is 0 Å². The lowest BCUT2D eigenvalue weighted by Crippen LogP contribution is -2.20. The van der Waals surface area contributed by atoms with Crippen LogP contribution in [0.15, 0.2) is 24.3 Å². The van der Waals surface area contributed by atoms with E-state index in [1.807, 2.05) is 0 Å². The molecule has 15 heavy (non-hydrogen) atoms. The summed E-state index contributed by atoms with van der Waals surface area (Å²) >= 11 is 4.76. The van der Waals surface area contributed by atoms with Gasteiger partial charge in [-0.25, -0.2) is 0 Å². The first-order valence-electron chi connectivity index (χ1n) is 4.10. The molecule has 0 saturated heterocycles. The minimum Gasteiger partial charge on any atom is -0.349 e. The average molecular weight is 234 g/mol. The molecule has 0 atom stereocenters. The molecule has 1 rings (SSSR count). The summed E-state index contributed by atoms with van der Waals surface area (Å²) in [5.74, 6) is 0. The van der Waals surface area contributed by atoms with Crippen molar-refractivity contribution in [3.05, 3.63) is 29.8 Å². The van der Waals surface area contributed by atoms with Crippen molar-refractivity contribution in [3.8, 4) is 0 Å². The molecule has 0 aliphatic heterocycles. The van der Waals surface area contributed by atoms with Crippen LogP contribution in [0, 0.1) is 0 Å². The standard InChI is InChI=1S/C9H9F3N2S/c10-9(11,12)6-2-1-3-7(4-6)14-8(15)5-13/h1-4H,5,13H2,(H,14,15). The Balaban J connectivity index is 2.88. The van der Waals surface area contributed by atoms with Crippen LogP contribution < -0.4 is 11.1 Å². The molecule has 0 unspecified atom stereocenters. The van der Waals surface area contributed by atoms with Crippen LogP contribution in [-0.4, -0.2) is 11.5 Å². The van der Waals surface area contributed by atoms with E-state index < -0.39 is 11.7 Å². The predicted molar refractivity (Wildman–Crippen MR) is 56.7 cm³/mol. The number of benzene rings is 1. The number of hydrogen-bond donors (Lipinski definition) is 2. The van der Waals surface area contributed by atoms with Gasteiger partial charge in [-0.2, -0.15) is 13.2 Å². The van der Waals surface area contributed by atoms with E-state index in [0.29, 0.717) is 10.7 Å². The molecule has 3 N–H and O–H groups in total. The molecule has 1 aromatic rings. The fourth-order valence-electron chi connectivity index (χ4n) is 0.985. The predicted octanol–water partition coefficient (Wildman–Crippen LogP) is 2.40. The Labute approximate surface area is 90.3 Å². The quantitative estimate of drug-likeness (QED) is 0.772. The summed E-state index contributed by atoms with van der Waals surface area (Å²) in [5, 5.41) is 2.61. The van der Waals surface area contributed by atoms with Crippen LogP contribution in [0.1, 0.15) is 5.56 Å². The molecule has 0 heterocycles. The third-order valence-corrected chi connectivity index (χ3v) is 1.93. The van der Waals surface area contributed by atoms with Crippen molar-refractivity contribution >= 4 is 22.9 Å². The first kappa shape index (κ1) is 11.9. The second-order valence-electron chi connectivity index (χ2n) is 2.83. The highest BCUT2D eigenvalue weighted by atomic mass is 32.1. The van der Waals surface area contributed by atoms with Gasteiger partial charge in [0.1, 0.15) is 0 Å². The Morgan fingerprint density at radius 3 is 2.60 bits per heavy atom. The average Bonchev–Trinajstić information content (AvgIpc) is 2.17.